The number of benzene rings is 2. The van der Waals surface area contributed by atoms with Crippen LogP contribution in [0.25, 0.3) is 0 Å². The first-order valence-corrected chi connectivity index (χ1v) is 8.28. The van der Waals surface area contributed by atoms with Gasteiger partial charge in [-0.05, 0) is 38.1 Å². The predicted molar refractivity (Wildman–Crippen MR) is 95.4 cm³/mol. The lowest BCUT2D eigenvalue weighted by atomic mass is 10.0. The molecule has 0 saturated carbocycles. The minimum atomic E-state index is -0.311. The smallest absolute Gasteiger partial charge is 0.262 e. The molecule has 1 aliphatic heterocycles. The number of carbonyl (C=O) groups excluding carboxylic acids is 1. The quantitative estimate of drug-likeness (QED) is 0.852. The minimum Gasteiger partial charge on any atom is -0.483 e. The van der Waals surface area contributed by atoms with Crippen LogP contribution in [-0.4, -0.2) is 18.1 Å². The number of nitrogens with one attached hydrogen (secondary N) is 1. The maximum absolute atomic E-state index is 12.1. The summed E-state index contributed by atoms with van der Waals surface area (Å²) in [4.78, 5) is 12.1. The van der Waals surface area contributed by atoms with Gasteiger partial charge in [-0.25, -0.2) is 0 Å². The molecule has 0 fully saturated rings. The van der Waals surface area contributed by atoms with Crippen LogP contribution in [0.1, 0.15) is 19.4 Å². The molecule has 1 aliphatic rings. The molecule has 24 heavy (non-hydrogen) atoms. The lowest BCUT2D eigenvalue weighted by molar-refractivity contribution is -0.118. The molecule has 6 heteroatoms. The number of carbonyl (C=O) groups is 1. The van der Waals surface area contributed by atoms with Crippen molar-refractivity contribution in [2.45, 2.75) is 25.9 Å². The standard InChI is InChI=1S/C18H17Cl2NO3/c1-18(2)9-11-4-3-5-15(17(11)24-18)23-10-16(22)21-14-7-6-12(19)8-13(14)20/h3-8H,9-10H2,1-2H3,(H,21,22). The second kappa shape index (κ2) is 6.54. The van der Waals surface area contributed by atoms with Crippen LogP contribution in [0.15, 0.2) is 36.4 Å². The predicted octanol–water partition coefficient (Wildman–Crippen LogP) is 4.72. The Hall–Kier alpha value is -1.91. The number of fused-ring (bicyclic) bond motifs is 1. The normalized spacial score (nSPS) is 14.7. The van der Waals surface area contributed by atoms with Crippen LogP contribution in [0, 0.1) is 0 Å². The molecule has 0 bridgehead atoms. The molecule has 0 unspecified atom stereocenters. The van der Waals surface area contributed by atoms with E-state index < -0.39 is 0 Å². The fourth-order valence-corrected chi connectivity index (χ4v) is 3.08. The Bertz CT molecular complexity index is 790. The third-order valence-corrected chi connectivity index (χ3v) is 4.17. The van der Waals surface area contributed by atoms with E-state index in [0.29, 0.717) is 27.2 Å². The summed E-state index contributed by atoms with van der Waals surface area (Å²) in [6.07, 6.45) is 0.812. The molecule has 0 aliphatic carbocycles. The Labute approximate surface area is 150 Å². The molecule has 1 amide bonds. The number of halogens is 2. The molecule has 0 saturated heterocycles. The van der Waals surface area contributed by atoms with Crippen LogP contribution in [0.3, 0.4) is 0 Å². The van der Waals surface area contributed by atoms with Crippen LogP contribution in [0.5, 0.6) is 11.5 Å². The van der Waals surface area contributed by atoms with Gasteiger partial charge in [0.05, 0.1) is 10.7 Å². The zero-order valence-electron chi connectivity index (χ0n) is 13.4. The molecule has 2 aromatic rings. The molecule has 0 atom stereocenters. The van der Waals surface area contributed by atoms with Crippen molar-refractivity contribution < 1.29 is 14.3 Å². The second-order valence-electron chi connectivity index (χ2n) is 6.24. The average molecular weight is 366 g/mol. The molecule has 1 heterocycles. The summed E-state index contributed by atoms with van der Waals surface area (Å²) in [7, 11) is 0. The van der Waals surface area contributed by atoms with E-state index in [0.717, 1.165) is 12.0 Å². The van der Waals surface area contributed by atoms with E-state index in [4.69, 9.17) is 32.7 Å². The molecule has 0 aromatic heterocycles. The van der Waals surface area contributed by atoms with Crippen LogP contribution >= 0.6 is 23.2 Å². The van der Waals surface area contributed by atoms with Gasteiger partial charge in [0.1, 0.15) is 5.60 Å². The molecular formula is C18H17Cl2NO3. The molecule has 3 rings (SSSR count). The van der Waals surface area contributed by atoms with Crippen molar-refractivity contribution in [2.24, 2.45) is 0 Å². The van der Waals surface area contributed by atoms with Crippen molar-refractivity contribution in [1.29, 1.82) is 0 Å². The summed E-state index contributed by atoms with van der Waals surface area (Å²) in [5.74, 6) is 0.962. The summed E-state index contributed by atoms with van der Waals surface area (Å²) < 4.78 is 11.5. The highest BCUT2D eigenvalue weighted by atomic mass is 35.5. The van der Waals surface area contributed by atoms with Gasteiger partial charge in [0.25, 0.3) is 5.91 Å². The van der Waals surface area contributed by atoms with E-state index in [-0.39, 0.29) is 18.1 Å². The van der Waals surface area contributed by atoms with Crippen LogP contribution in [0.2, 0.25) is 10.0 Å². The number of amides is 1. The SMILES string of the molecule is CC1(C)Cc2cccc(OCC(=O)Nc3ccc(Cl)cc3Cl)c2O1. The monoisotopic (exact) mass is 365 g/mol. The van der Waals surface area contributed by atoms with Crippen molar-refractivity contribution in [2.75, 3.05) is 11.9 Å². The van der Waals surface area contributed by atoms with Crippen LogP contribution in [-0.2, 0) is 11.2 Å². The van der Waals surface area contributed by atoms with Crippen molar-refractivity contribution in [1.82, 2.24) is 0 Å². The summed E-state index contributed by atoms with van der Waals surface area (Å²) in [6.45, 7) is 3.90. The van der Waals surface area contributed by atoms with Gasteiger partial charge in [-0.1, -0.05) is 35.3 Å². The maximum atomic E-state index is 12.1. The third-order valence-electron chi connectivity index (χ3n) is 3.62. The lowest BCUT2D eigenvalue weighted by Gasteiger charge is -2.18. The number of para-hydroxylation sites is 1. The fourth-order valence-electron chi connectivity index (χ4n) is 2.62. The summed E-state index contributed by atoms with van der Waals surface area (Å²) in [5.41, 5.74) is 1.31. The van der Waals surface area contributed by atoms with E-state index in [9.17, 15) is 4.79 Å². The number of hydrogen-bond donors (Lipinski definition) is 1. The minimum absolute atomic E-state index is 0.140. The largest absolute Gasteiger partial charge is 0.483 e. The zero-order chi connectivity index (χ0) is 17.3. The first kappa shape index (κ1) is 16.9. The van der Waals surface area contributed by atoms with Crippen molar-refractivity contribution in [3.05, 3.63) is 52.0 Å². The molecular weight excluding hydrogens is 349 g/mol. The molecule has 0 spiro atoms. The van der Waals surface area contributed by atoms with E-state index in [1.807, 2.05) is 26.0 Å². The Morgan fingerprint density at radius 2 is 2.08 bits per heavy atom. The first-order valence-electron chi connectivity index (χ1n) is 7.53. The molecule has 126 valence electrons. The Kier molecular flexibility index (Phi) is 4.61. The zero-order valence-corrected chi connectivity index (χ0v) is 14.9. The number of rotatable bonds is 4. The van der Waals surface area contributed by atoms with Gasteiger partial charge in [-0.3, -0.25) is 4.79 Å². The summed E-state index contributed by atoms with van der Waals surface area (Å²) in [5, 5.41) is 3.58. The molecule has 4 nitrogen and oxygen atoms in total. The summed E-state index contributed by atoms with van der Waals surface area (Å²) >= 11 is 11.9. The number of anilines is 1. The van der Waals surface area contributed by atoms with Crippen molar-refractivity contribution in [3.8, 4) is 11.5 Å². The second-order valence-corrected chi connectivity index (χ2v) is 7.09. The highest BCUT2D eigenvalue weighted by Gasteiger charge is 2.32. The van der Waals surface area contributed by atoms with Crippen LogP contribution in [0.4, 0.5) is 5.69 Å². The molecule has 2 aromatic carbocycles. The van der Waals surface area contributed by atoms with Crippen molar-refractivity contribution in [3.63, 3.8) is 0 Å². The van der Waals surface area contributed by atoms with E-state index in [1.165, 1.54) is 0 Å². The Morgan fingerprint density at radius 1 is 1.29 bits per heavy atom. The van der Waals surface area contributed by atoms with Gasteiger partial charge >= 0.3 is 0 Å². The number of ether oxygens (including phenoxy) is 2. The summed E-state index contributed by atoms with van der Waals surface area (Å²) in [6, 6.07) is 10.6. The number of hydrogen-bond acceptors (Lipinski definition) is 3. The third kappa shape index (κ3) is 3.77. The van der Waals surface area contributed by atoms with Gasteiger partial charge < -0.3 is 14.8 Å². The van der Waals surface area contributed by atoms with Gasteiger partial charge in [0, 0.05) is 17.0 Å². The van der Waals surface area contributed by atoms with E-state index in [2.05, 4.69) is 5.32 Å². The van der Waals surface area contributed by atoms with Gasteiger partial charge in [0.2, 0.25) is 0 Å². The average Bonchev–Trinajstić information content (AvgIpc) is 2.82. The lowest BCUT2D eigenvalue weighted by Crippen LogP contribution is -2.25. The Morgan fingerprint density at radius 3 is 2.83 bits per heavy atom. The van der Waals surface area contributed by atoms with Gasteiger partial charge in [-0.15, -0.1) is 0 Å². The van der Waals surface area contributed by atoms with E-state index >= 15 is 0 Å². The highest BCUT2D eigenvalue weighted by molar-refractivity contribution is 6.36. The highest BCUT2D eigenvalue weighted by Crippen LogP contribution is 2.41. The maximum Gasteiger partial charge on any atom is 0.262 e. The van der Waals surface area contributed by atoms with E-state index in [1.54, 1.807) is 24.3 Å². The van der Waals surface area contributed by atoms with Gasteiger partial charge in [-0.2, -0.15) is 0 Å². The topological polar surface area (TPSA) is 47.6 Å². The van der Waals surface area contributed by atoms with Gasteiger partial charge in [0.15, 0.2) is 18.1 Å². The first-order chi connectivity index (χ1) is 11.3. The fraction of sp³-hybridized carbons (Fsp3) is 0.278. The molecule has 1 N–H and O–H groups in total. The Balaban J connectivity index is 1.65. The van der Waals surface area contributed by atoms with Crippen molar-refractivity contribution >= 4 is 34.8 Å². The molecule has 0 radical (unpaired) electrons. The van der Waals surface area contributed by atoms with Crippen LogP contribution < -0.4 is 14.8 Å².